The van der Waals surface area contributed by atoms with Gasteiger partial charge in [0.15, 0.2) is 23.0 Å². The van der Waals surface area contributed by atoms with Gasteiger partial charge in [-0.2, -0.15) is 0 Å². The molecule has 0 saturated carbocycles. The Labute approximate surface area is 764 Å². The van der Waals surface area contributed by atoms with E-state index in [4.69, 9.17) is 44.4 Å². The van der Waals surface area contributed by atoms with E-state index < -0.39 is 9.84 Å². The van der Waals surface area contributed by atoms with Crippen LogP contribution in [-0.4, -0.2) is 195 Å². The van der Waals surface area contributed by atoms with Crippen LogP contribution in [0.25, 0.3) is 55.7 Å². The summed E-state index contributed by atoms with van der Waals surface area (Å²) in [6.45, 7) is 30.6. The number of rotatable bonds is 32. The summed E-state index contributed by atoms with van der Waals surface area (Å²) >= 11 is 6.54. The van der Waals surface area contributed by atoms with Crippen molar-refractivity contribution in [2.24, 2.45) is 5.92 Å². The number of likely N-dealkylation sites (N-methyl/N-ethyl adjacent to an activating group) is 1. The molecule has 13 aromatic rings. The second-order valence-electron chi connectivity index (χ2n) is 32.8. The quantitative estimate of drug-likeness (QED) is 0.0152. The number of nitrogens with zero attached hydrogens (tertiary/aromatic N) is 9. The summed E-state index contributed by atoms with van der Waals surface area (Å²) in [6, 6.07) is 48.0. The van der Waals surface area contributed by atoms with Crippen molar-refractivity contribution in [3.05, 3.63) is 249 Å². The van der Waals surface area contributed by atoms with Gasteiger partial charge in [0.25, 0.3) is 11.8 Å². The molecule has 682 valence electrons. The van der Waals surface area contributed by atoms with Crippen LogP contribution >= 0.6 is 11.6 Å². The van der Waals surface area contributed by atoms with E-state index in [-0.39, 0.29) is 23.4 Å². The molecule has 0 bridgehead atoms. The Balaban J connectivity index is 0.000000149. The number of amides is 2. The van der Waals surface area contributed by atoms with Crippen LogP contribution in [0.1, 0.15) is 105 Å². The SMILES string of the molecule is CCN(CC)CCNC(=O)c1c(C)[nH]c(/C=C2\C(=O)Nc3ccc(C)cc32)c1C.COc1cc2c(Nc3ccc(C)cc3C)ncnc2cc1OCC1CCN(C)CC1.COc1cc2ncnc(Nc3ccc(F)c(C)c3)c2cc1OCCCN1CCOCC1.Cc1cccc(COc2ccc(Nc3ncnc4ccc(-c5ccc(CNCCS(C)(=O)=O)o5)cc34)cc2Cl)c1. The number of likely N-dealkylation sites (tertiary alicyclic amines) is 1. The maximum absolute atomic E-state index is 13.6. The minimum atomic E-state index is -3.01. The first-order valence-electron chi connectivity index (χ1n) is 43.8. The highest BCUT2D eigenvalue weighted by Crippen LogP contribution is 2.40. The highest BCUT2D eigenvalue weighted by molar-refractivity contribution is 7.90. The molecular weight excluding hydrogens is 1690 g/mol. The van der Waals surface area contributed by atoms with Gasteiger partial charge in [0, 0.05) is 119 Å². The molecule has 8 heterocycles. The normalized spacial score (nSPS) is 13.8. The Morgan fingerprint density at radius 3 is 1.98 bits per heavy atom. The number of nitrogens with one attached hydrogen (secondary N) is 7. The third kappa shape index (κ3) is 25.7. The number of halogens is 2. The number of aromatic nitrogens is 7. The standard InChI is InChI=1S/C30H29ClN4O4S.C24H30N4O2.C23H27FN4O3.C23H30N4O2/c1-20-4-3-5-21(14-20)18-38-29-10-7-23(16-26(29)31)35-30-25-15-22(6-9-27(25)33-19-34-30)28-11-8-24(39-28)17-32-12-13-40(2,36)37;1-16-5-6-20(17(2)11-16)27-24-19-12-22(29-4)23(13-21(19)25-15-26-24)30-14-18-7-9-28(3)10-8-18;1-16-12-17(4-5-19(16)24)27-23-18-13-22(21(29-2)14-20(18)25-15-26-23)31-9-3-6-28-7-10-30-11-8-28;1-6-27(7-2)11-10-24-23(29)21-15(4)20(25-16(21)5)13-18-17-12-14(3)8-9-19(17)26-22(18)28/h3-11,14-16,19,32H,12-13,17-18H2,1-2H3,(H,33,34,35);5-6,11-13,15,18H,7-10,14H2,1-4H3,(H,25,26,27);4-5,12-15H,3,6-11H2,1-2H3,(H,25,26,27);8-9,12-13,25H,6-7,10-11H2,1-5H3,(H,24,29)(H,26,28)/b;;;18-13-. The molecule has 2 fully saturated rings. The predicted molar refractivity (Wildman–Crippen MR) is 516 cm³/mol. The van der Waals surface area contributed by atoms with Gasteiger partial charge in [-0.15, -0.1) is 0 Å². The molecule has 2 amide bonds. The maximum atomic E-state index is 13.6. The Kier molecular flexibility index (Phi) is 32.9. The number of furan rings is 1. The van der Waals surface area contributed by atoms with Crippen molar-refractivity contribution in [3.8, 4) is 40.1 Å². The molecule has 3 aliphatic heterocycles. The Hall–Kier alpha value is -12.6. The van der Waals surface area contributed by atoms with Crippen molar-refractivity contribution in [2.45, 2.75) is 94.7 Å². The van der Waals surface area contributed by atoms with Crippen LogP contribution in [0.2, 0.25) is 5.02 Å². The molecule has 0 spiro atoms. The van der Waals surface area contributed by atoms with Gasteiger partial charge in [0.2, 0.25) is 0 Å². The third-order valence-electron chi connectivity index (χ3n) is 22.9. The summed E-state index contributed by atoms with van der Waals surface area (Å²) < 4.78 is 76.9. The van der Waals surface area contributed by atoms with Gasteiger partial charge in [-0.05, 0) is 232 Å². The summed E-state index contributed by atoms with van der Waals surface area (Å²) in [5.74, 6) is 6.93. The van der Waals surface area contributed by atoms with E-state index in [0.29, 0.717) is 113 Å². The van der Waals surface area contributed by atoms with Crippen LogP contribution < -0.4 is 55.6 Å². The third-order valence-corrected chi connectivity index (χ3v) is 24.2. The summed E-state index contributed by atoms with van der Waals surface area (Å²) in [7, 11) is 2.45. The van der Waals surface area contributed by atoms with E-state index in [0.717, 1.165) is 178 Å². The number of ether oxygens (including phenoxy) is 6. The van der Waals surface area contributed by atoms with E-state index >= 15 is 0 Å². The fourth-order valence-electron chi connectivity index (χ4n) is 15.6. The van der Waals surface area contributed by atoms with Crippen molar-refractivity contribution in [2.75, 3.05) is 146 Å². The van der Waals surface area contributed by atoms with E-state index in [1.54, 1.807) is 45.7 Å². The number of carbonyl (C=O) groups is 2. The number of benzene rings is 8. The Bertz CT molecular complexity index is 6270. The van der Waals surface area contributed by atoms with Gasteiger partial charge in [-0.3, -0.25) is 14.5 Å². The average Bonchev–Trinajstić information content (AvgIpc) is 1.69. The van der Waals surface area contributed by atoms with Gasteiger partial charge in [0.05, 0.1) is 85.7 Å². The largest absolute Gasteiger partial charge is 0.493 e. The number of piperidine rings is 1. The average molecular weight is 1800 g/mol. The van der Waals surface area contributed by atoms with Crippen LogP contribution in [0.4, 0.5) is 44.6 Å². The molecule has 2 saturated heterocycles. The second kappa shape index (κ2) is 45.1. The van der Waals surface area contributed by atoms with Crippen LogP contribution in [-0.2, 0) is 32.5 Å². The topological polar surface area (TPSA) is 312 Å². The number of hydrogen-bond donors (Lipinski definition) is 7. The molecule has 16 rings (SSSR count). The highest BCUT2D eigenvalue weighted by atomic mass is 35.5. The fraction of sp³-hybridized carbons (Fsp3) is 0.340. The lowest BCUT2D eigenvalue weighted by molar-refractivity contribution is -0.110. The number of fused-ring (bicyclic) bond motifs is 4. The first-order valence-corrected chi connectivity index (χ1v) is 46.3. The van der Waals surface area contributed by atoms with Crippen LogP contribution in [0.3, 0.4) is 0 Å². The fourth-order valence-corrected chi connectivity index (χ4v) is 16.3. The molecule has 30 heteroatoms. The Morgan fingerprint density at radius 2 is 1.30 bits per heavy atom. The molecule has 0 unspecified atom stereocenters. The first kappa shape index (κ1) is 95.0. The van der Waals surface area contributed by atoms with E-state index in [1.165, 1.54) is 54.5 Å². The molecule has 130 heavy (non-hydrogen) atoms. The maximum Gasteiger partial charge on any atom is 0.256 e. The van der Waals surface area contributed by atoms with Crippen molar-refractivity contribution in [1.29, 1.82) is 0 Å². The predicted octanol–water partition coefficient (Wildman–Crippen LogP) is 18.5. The lowest BCUT2D eigenvalue weighted by Crippen LogP contribution is -2.37. The summed E-state index contributed by atoms with van der Waals surface area (Å²) in [6.07, 6.45) is 10.9. The molecule has 0 atom stereocenters. The van der Waals surface area contributed by atoms with Gasteiger partial charge in [-0.1, -0.05) is 84.6 Å². The van der Waals surface area contributed by atoms with Crippen molar-refractivity contribution in [1.82, 2.24) is 60.2 Å². The van der Waals surface area contributed by atoms with Crippen molar-refractivity contribution < 1.29 is 55.2 Å². The molecule has 0 aliphatic carbocycles. The van der Waals surface area contributed by atoms with Crippen LogP contribution in [0.15, 0.2) is 175 Å². The summed E-state index contributed by atoms with van der Waals surface area (Å²) in [5.41, 5.74) is 17.5. The van der Waals surface area contributed by atoms with E-state index in [2.05, 4.69) is 140 Å². The number of aryl methyl sites for hydroxylation is 6. The molecule has 5 aromatic heterocycles. The first-order chi connectivity index (χ1) is 62.7. The molecule has 0 radical (unpaired) electrons. The molecule has 3 aliphatic rings. The van der Waals surface area contributed by atoms with Gasteiger partial charge in [0.1, 0.15) is 76.0 Å². The number of hydrogen-bond acceptors (Lipinski definition) is 24. The lowest BCUT2D eigenvalue weighted by Gasteiger charge is -2.28. The smallest absolute Gasteiger partial charge is 0.256 e. The number of carbonyl (C=O) groups excluding carboxylic acids is 2. The zero-order valence-corrected chi connectivity index (χ0v) is 77.7. The van der Waals surface area contributed by atoms with Crippen LogP contribution in [0, 0.1) is 60.2 Å². The number of methoxy groups -OCH3 is 2. The zero-order chi connectivity index (χ0) is 92.0. The lowest BCUT2D eigenvalue weighted by atomic mass is 9.98. The van der Waals surface area contributed by atoms with Crippen LogP contribution in [0.5, 0.6) is 28.7 Å². The van der Waals surface area contributed by atoms with Gasteiger partial charge in [-0.25, -0.2) is 42.7 Å². The molecular formula is C100H116ClFN16O11S. The second-order valence-corrected chi connectivity index (χ2v) is 35.5. The number of sulfone groups is 1. The molecule has 27 nitrogen and oxygen atoms in total. The van der Waals surface area contributed by atoms with E-state index in [9.17, 15) is 22.4 Å². The number of H-pyrrole nitrogens is 1. The van der Waals surface area contributed by atoms with E-state index in [1.807, 2.05) is 137 Å². The number of anilines is 7. The number of aromatic amines is 1. The summed E-state index contributed by atoms with van der Waals surface area (Å²) in [5, 5.41) is 22.1. The molecule has 7 N–H and O–H groups in total. The molecule has 8 aromatic carbocycles. The monoisotopic (exact) mass is 1800 g/mol. The van der Waals surface area contributed by atoms with Crippen molar-refractivity contribution in [3.63, 3.8) is 0 Å². The van der Waals surface area contributed by atoms with Crippen molar-refractivity contribution >= 4 is 118 Å². The minimum absolute atomic E-state index is 0.0788. The number of morpholine rings is 1. The Morgan fingerprint density at radius 1 is 0.654 bits per heavy atom. The highest BCUT2D eigenvalue weighted by Gasteiger charge is 2.27. The summed E-state index contributed by atoms with van der Waals surface area (Å²) in [4.78, 5) is 62.1. The minimum Gasteiger partial charge on any atom is -0.493 e. The zero-order valence-electron chi connectivity index (χ0n) is 76.1. The van der Waals surface area contributed by atoms with Gasteiger partial charge >= 0.3 is 0 Å². The van der Waals surface area contributed by atoms with Gasteiger partial charge < -0.3 is 79.5 Å².